The van der Waals surface area contributed by atoms with Crippen molar-refractivity contribution in [2.24, 2.45) is 0 Å². The Labute approximate surface area is 95.4 Å². The molecular formula is C10H7ITe. The molecule has 0 bridgehead atoms. The first-order chi connectivity index (χ1) is 5.86. The van der Waals surface area contributed by atoms with Gasteiger partial charge in [-0.15, -0.1) is 0 Å². The molecule has 0 radical (unpaired) electrons. The number of rotatable bonds is 1. The van der Waals surface area contributed by atoms with Crippen molar-refractivity contribution in [3.63, 3.8) is 0 Å². The van der Waals surface area contributed by atoms with Crippen LogP contribution < -0.4 is 0 Å². The molecule has 1 heterocycles. The van der Waals surface area contributed by atoms with E-state index < -0.39 is 0 Å². The Bertz CT molecular complexity index is 364. The Morgan fingerprint density at radius 3 is 2.25 bits per heavy atom. The third-order valence-corrected chi connectivity index (χ3v) is 6.10. The minimum atomic E-state index is -0.0304. The fourth-order valence-corrected chi connectivity index (χ4v) is 4.94. The van der Waals surface area contributed by atoms with E-state index >= 15 is 0 Å². The van der Waals surface area contributed by atoms with Crippen LogP contribution in [0.15, 0.2) is 42.5 Å². The van der Waals surface area contributed by atoms with Gasteiger partial charge in [0, 0.05) is 0 Å². The van der Waals surface area contributed by atoms with Crippen molar-refractivity contribution < 1.29 is 0 Å². The summed E-state index contributed by atoms with van der Waals surface area (Å²) in [4.78, 5) is 0. The molecule has 0 amide bonds. The van der Waals surface area contributed by atoms with Crippen LogP contribution in [0.3, 0.4) is 0 Å². The fourth-order valence-electron chi connectivity index (χ4n) is 1.07. The molecule has 2 heteroatoms. The van der Waals surface area contributed by atoms with E-state index in [1.54, 1.807) is 5.17 Å². The molecule has 0 saturated heterocycles. The average molecular weight is 382 g/mol. The maximum absolute atomic E-state index is 2.44. The molecule has 2 aromatic rings. The molecule has 1 aromatic carbocycles. The monoisotopic (exact) mass is 384 g/mol. The summed E-state index contributed by atoms with van der Waals surface area (Å²) in [6.45, 7) is 0. The van der Waals surface area contributed by atoms with Gasteiger partial charge in [-0.1, -0.05) is 0 Å². The number of hydrogen-bond acceptors (Lipinski definition) is 0. The second-order valence-corrected chi connectivity index (χ2v) is 9.00. The molecule has 0 saturated carbocycles. The van der Waals surface area contributed by atoms with Crippen LogP contribution >= 0.6 is 22.6 Å². The zero-order valence-corrected chi connectivity index (χ0v) is 10.8. The van der Waals surface area contributed by atoms with Crippen molar-refractivity contribution in [3.05, 3.63) is 44.1 Å². The van der Waals surface area contributed by atoms with Crippen LogP contribution in [0, 0.1) is 1.59 Å². The van der Waals surface area contributed by atoms with E-state index in [1.807, 2.05) is 0 Å². The van der Waals surface area contributed by atoms with Crippen molar-refractivity contribution >= 4 is 43.0 Å². The second kappa shape index (κ2) is 3.95. The Kier molecular flexibility index (Phi) is 2.90. The Morgan fingerprint density at radius 2 is 1.67 bits per heavy atom. The molecule has 0 nitrogen and oxygen atoms in total. The standard InChI is InChI=1S/C10H7ITe/c11-10-7-6-9(12-10)8-4-2-1-3-5-8/h1-7H. The first-order valence-electron chi connectivity index (χ1n) is 3.67. The summed E-state index contributed by atoms with van der Waals surface area (Å²) in [5, 5.41) is 0. The SMILES string of the molecule is Ic1ccc(-c2ccccc2)[te]1. The number of halogens is 1. The van der Waals surface area contributed by atoms with Gasteiger partial charge >= 0.3 is 96.2 Å². The first-order valence-corrected chi connectivity index (χ1v) is 7.08. The Morgan fingerprint density at radius 1 is 0.917 bits per heavy atom. The van der Waals surface area contributed by atoms with Gasteiger partial charge in [0.05, 0.1) is 0 Å². The third-order valence-electron chi connectivity index (χ3n) is 1.63. The Hall–Kier alpha value is 0.220. The van der Waals surface area contributed by atoms with E-state index in [-0.39, 0.29) is 20.4 Å². The molecule has 1 aromatic heterocycles. The van der Waals surface area contributed by atoms with Gasteiger partial charge in [-0.2, -0.15) is 0 Å². The van der Waals surface area contributed by atoms with Crippen LogP contribution in [0.4, 0.5) is 0 Å². The van der Waals surface area contributed by atoms with Gasteiger partial charge in [-0.05, 0) is 0 Å². The predicted octanol–water partition coefficient (Wildman–Crippen LogP) is 3.02. The average Bonchev–Trinajstić information content (AvgIpc) is 2.54. The van der Waals surface area contributed by atoms with Crippen LogP contribution in [0.1, 0.15) is 0 Å². The predicted molar refractivity (Wildman–Crippen MR) is 61.5 cm³/mol. The molecular weight excluding hydrogens is 375 g/mol. The van der Waals surface area contributed by atoms with Crippen LogP contribution in [0.5, 0.6) is 0 Å². The fraction of sp³-hybridized carbons (Fsp3) is 0. The van der Waals surface area contributed by atoms with Crippen molar-refractivity contribution in [2.45, 2.75) is 0 Å². The van der Waals surface area contributed by atoms with Gasteiger partial charge in [0.1, 0.15) is 0 Å². The number of benzene rings is 1. The van der Waals surface area contributed by atoms with Crippen LogP contribution in [-0.2, 0) is 0 Å². The molecule has 0 aliphatic rings. The van der Waals surface area contributed by atoms with E-state index in [9.17, 15) is 0 Å². The topological polar surface area (TPSA) is 0 Å². The van der Waals surface area contributed by atoms with Gasteiger partial charge in [-0.3, -0.25) is 0 Å². The molecule has 60 valence electrons. The molecule has 0 N–H and O–H groups in total. The zero-order chi connectivity index (χ0) is 8.39. The van der Waals surface area contributed by atoms with E-state index in [0.717, 1.165) is 0 Å². The van der Waals surface area contributed by atoms with E-state index in [2.05, 4.69) is 65.1 Å². The van der Waals surface area contributed by atoms with Crippen molar-refractivity contribution in [3.8, 4) is 9.14 Å². The zero-order valence-electron chi connectivity index (χ0n) is 6.33. The summed E-state index contributed by atoms with van der Waals surface area (Å²) in [5.41, 5.74) is 1.41. The second-order valence-electron chi connectivity index (χ2n) is 2.47. The Balaban J connectivity index is 2.45. The quantitative estimate of drug-likeness (QED) is 0.526. The summed E-state index contributed by atoms with van der Waals surface area (Å²) in [5.74, 6) is 0. The molecule has 0 aliphatic heterocycles. The molecule has 0 unspecified atom stereocenters. The summed E-state index contributed by atoms with van der Waals surface area (Å²) in [7, 11) is 0. The summed E-state index contributed by atoms with van der Waals surface area (Å²) < 4.78 is 3.11. The van der Waals surface area contributed by atoms with Crippen LogP contribution in [0.25, 0.3) is 9.14 Å². The van der Waals surface area contributed by atoms with Crippen LogP contribution in [0.2, 0.25) is 0 Å². The first kappa shape index (κ1) is 8.80. The molecule has 0 fully saturated rings. The summed E-state index contributed by atoms with van der Waals surface area (Å²) in [6, 6.07) is 15.2. The van der Waals surface area contributed by atoms with Gasteiger partial charge in [0.2, 0.25) is 0 Å². The molecule has 0 spiro atoms. The third kappa shape index (κ3) is 1.93. The van der Waals surface area contributed by atoms with Gasteiger partial charge in [0.15, 0.2) is 0 Å². The van der Waals surface area contributed by atoms with Gasteiger partial charge in [-0.25, -0.2) is 0 Å². The van der Waals surface area contributed by atoms with Crippen molar-refractivity contribution in [1.82, 2.24) is 0 Å². The van der Waals surface area contributed by atoms with Crippen molar-refractivity contribution in [1.29, 1.82) is 0 Å². The van der Waals surface area contributed by atoms with E-state index in [0.29, 0.717) is 0 Å². The van der Waals surface area contributed by atoms with Crippen molar-refractivity contribution in [2.75, 3.05) is 0 Å². The minimum absolute atomic E-state index is 0.0304. The van der Waals surface area contributed by atoms with E-state index in [4.69, 9.17) is 0 Å². The normalized spacial score (nSPS) is 10.1. The van der Waals surface area contributed by atoms with Crippen LogP contribution in [-0.4, -0.2) is 20.4 Å². The summed E-state index contributed by atoms with van der Waals surface area (Å²) in [6.07, 6.45) is 0. The molecule has 0 aliphatic carbocycles. The molecule has 0 atom stereocenters. The number of hydrogen-bond donors (Lipinski definition) is 0. The molecule has 2 rings (SSSR count). The summed E-state index contributed by atoms with van der Waals surface area (Å²) >= 11 is 2.41. The van der Waals surface area contributed by atoms with E-state index in [1.165, 1.54) is 5.56 Å². The maximum atomic E-state index is 2.44. The molecule has 12 heavy (non-hydrogen) atoms. The van der Waals surface area contributed by atoms with Gasteiger partial charge in [0.25, 0.3) is 0 Å². The van der Waals surface area contributed by atoms with Gasteiger partial charge < -0.3 is 0 Å².